The Morgan fingerprint density at radius 1 is 1.11 bits per heavy atom. The highest BCUT2D eigenvalue weighted by atomic mass is 16.5. The van der Waals surface area contributed by atoms with Crippen LogP contribution < -0.4 is 4.74 Å². The Hall–Kier alpha value is -2.76. The molecule has 0 radical (unpaired) electrons. The topological polar surface area (TPSA) is 97.0 Å². The number of furan rings is 1. The van der Waals surface area contributed by atoms with Crippen molar-refractivity contribution >= 4 is 11.9 Å². The Morgan fingerprint density at radius 2 is 1.79 bits per heavy atom. The lowest BCUT2D eigenvalue weighted by atomic mass is 10.2. The Balaban J connectivity index is 2.19. The summed E-state index contributed by atoms with van der Waals surface area (Å²) in [6, 6.07) is 9.69. The maximum atomic E-state index is 11.0. The van der Waals surface area contributed by atoms with Crippen molar-refractivity contribution in [3.8, 4) is 5.75 Å². The second-order valence-electron chi connectivity index (χ2n) is 3.66. The molecule has 0 bridgehead atoms. The molecule has 1 aromatic heterocycles. The minimum Gasteiger partial charge on any atom is -0.486 e. The van der Waals surface area contributed by atoms with E-state index >= 15 is 0 Å². The number of aromatic carboxylic acids is 2. The molecule has 0 aliphatic rings. The Bertz CT molecular complexity index is 599. The zero-order chi connectivity index (χ0) is 13.8. The van der Waals surface area contributed by atoms with Gasteiger partial charge in [0.05, 0.1) is 0 Å². The predicted octanol–water partition coefficient (Wildman–Crippen LogP) is 2.26. The van der Waals surface area contributed by atoms with Gasteiger partial charge in [-0.15, -0.1) is 0 Å². The van der Waals surface area contributed by atoms with Crippen LogP contribution in [0.1, 0.15) is 26.7 Å². The Labute approximate surface area is 107 Å². The highest BCUT2D eigenvalue weighted by Gasteiger charge is 2.20. The average molecular weight is 262 g/mol. The summed E-state index contributed by atoms with van der Waals surface area (Å²) in [6.07, 6.45) is 0. The SMILES string of the molecule is O=C(O)c1cc(C(=O)O)c(COc2ccccc2)o1. The molecule has 2 N–H and O–H groups in total. The molecule has 0 spiro atoms. The summed E-state index contributed by atoms with van der Waals surface area (Å²) in [5.74, 6) is -2.51. The maximum absolute atomic E-state index is 11.0. The van der Waals surface area contributed by atoms with Crippen LogP contribution in [0, 0.1) is 0 Å². The van der Waals surface area contributed by atoms with E-state index in [1.165, 1.54) is 0 Å². The van der Waals surface area contributed by atoms with Gasteiger partial charge in [0.2, 0.25) is 5.76 Å². The van der Waals surface area contributed by atoms with Gasteiger partial charge in [0.15, 0.2) is 5.76 Å². The van der Waals surface area contributed by atoms with Gasteiger partial charge in [0.1, 0.15) is 17.9 Å². The molecule has 0 atom stereocenters. The fraction of sp³-hybridized carbons (Fsp3) is 0.0769. The van der Waals surface area contributed by atoms with E-state index in [9.17, 15) is 9.59 Å². The summed E-state index contributed by atoms with van der Waals surface area (Å²) in [7, 11) is 0. The van der Waals surface area contributed by atoms with Crippen molar-refractivity contribution in [3.63, 3.8) is 0 Å². The van der Waals surface area contributed by atoms with E-state index in [4.69, 9.17) is 19.4 Å². The first-order chi connectivity index (χ1) is 9.08. The van der Waals surface area contributed by atoms with E-state index in [0.29, 0.717) is 5.75 Å². The van der Waals surface area contributed by atoms with Gasteiger partial charge in [-0.2, -0.15) is 0 Å². The van der Waals surface area contributed by atoms with Gasteiger partial charge in [-0.3, -0.25) is 0 Å². The Kier molecular flexibility index (Phi) is 3.51. The number of carbonyl (C=O) groups is 2. The third-order valence-corrected chi connectivity index (χ3v) is 2.36. The molecule has 0 aliphatic carbocycles. The van der Waals surface area contributed by atoms with Gasteiger partial charge < -0.3 is 19.4 Å². The van der Waals surface area contributed by atoms with Crippen LogP contribution in [0.4, 0.5) is 0 Å². The van der Waals surface area contributed by atoms with Crippen LogP contribution >= 0.6 is 0 Å². The first kappa shape index (κ1) is 12.7. The van der Waals surface area contributed by atoms with Crippen LogP contribution in [0.25, 0.3) is 0 Å². The van der Waals surface area contributed by atoms with Crippen molar-refractivity contribution in [2.24, 2.45) is 0 Å². The molecule has 98 valence electrons. The Morgan fingerprint density at radius 3 is 2.37 bits per heavy atom. The van der Waals surface area contributed by atoms with Crippen molar-refractivity contribution in [2.45, 2.75) is 6.61 Å². The summed E-state index contributed by atoms with van der Waals surface area (Å²) in [5, 5.41) is 17.7. The van der Waals surface area contributed by atoms with Crippen LogP contribution in [0.3, 0.4) is 0 Å². The lowest BCUT2D eigenvalue weighted by Gasteiger charge is -2.04. The second kappa shape index (κ2) is 5.26. The quantitative estimate of drug-likeness (QED) is 0.857. The van der Waals surface area contributed by atoms with Gasteiger partial charge in [0.25, 0.3) is 0 Å². The highest BCUT2D eigenvalue weighted by Crippen LogP contribution is 2.19. The lowest BCUT2D eigenvalue weighted by Crippen LogP contribution is -2.02. The third kappa shape index (κ3) is 2.92. The molecule has 2 rings (SSSR count). The summed E-state index contributed by atoms with van der Waals surface area (Å²) < 4.78 is 10.3. The van der Waals surface area contributed by atoms with Crippen LogP contribution in [0.5, 0.6) is 5.75 Å². The molecule has 0 amide bonds. The summed E-state index contributed by atoms with van der Waals surface area (Å²) >= 11 is 0. The van der Waals surface area contributed by atoms with Gasteiger partial charge in [-0.05, 0) is 12.1 Å². The molecule has 2 aromatic rings. The maximum Gasteiger partial charge on any atom is 0.371 e. The summed E-state index contributed by atoms with van der Waals surface area (Å²) in [5.41, 5.74) is -0.215. The number of carboxylic acids is 2. The van der Waals surface area contributed by atoms with Crippen molar-refractivity contribution in [1.82, 2.24) is 0 Å². The highest BCUT2D eigenvalue weighted by molar-refractivity contribution is 5.93. The number of ether oxygens (including phenoxy) is 1. The van der Waals surface area contributed by atoms with Gasteiger partial charge in [-0.1, -0.05) is 18.2 Å². The van der Waals surface area contributed by atoms with Crippen molar-refractivity contribution in [2.75, 3.05) is 0 Å². The van der Waals surface area contributed by atoms with Crippen molar-refractivity contribution < 1.29 is 29.0 Å². The number of carboxylic acid groups (broad SMARTS) is 2. The van der Waals surface area contributed by atoms with Crippen molar-refractivity contribution in [1.29, 1.82) is 0 Å². The van der Waals surface area contributed by atoms with E-state index in [0.717, 1.165) is 6.07 Å². The van der Waals surface area contributed by atoms with Gasteiger partial charge in [0, 0.05) is 6.07 Å². The molecule has 1 heterocycles. The third-order valence-electron chi connectivity index (χ3n) is 2.36. The fourth-order valence-corrected chi connectivity index (χ4v) is 1.49. The number of para-hydroxylation sites is 1. The first-order valence-electron chi connectivity index (χ1n) is 5.35. The smallest absolute Gasteiger partial charge is 0.371 e. The predicted molar refractivity (Wildman–Crippen MR) is 63.4 cm³/mol. The molecule has 6 heteroatoms. The number of rotatable bonds is 5. The molecule has 19 heavy (non-hydrogen) atoms. The van der Waals surface area contributed by atoms with E-state index in [1.807, 2.05) is 6.07 Å². The molecule has 0 saturated carbocycles. The molecule has 0 unspecified atom stereocenters. The standard InChI is InChI=1S/C13H10O6/c14-12(15)9-6-10(13(16)17)19-11(9)7-18-8-4-2-1-3-5-8/h1-6H,7H2,(H,14,15)(H,16,17). The summed E-state index contributed by atoms with van der Waals surface area (Å²) in [4.78, 5) is 21.7. The minimum absolute atomic E-state index is 0.0336. The molecule has 1 aromatic carbocycles. The van der Waals surface area contributed by atoms with E-state index < -0.39 is 17.7 Å². The minimum atomic E-state index is -1.33. The van der Waals surface area contributed by atoms with Gasteiger partial charge in [-0.25, -0.2) is 9.59 Å². The normalized spacial score (nSPS) is 10.1. The largest absolute Gasteiger partial charge is 0.486 e. The number of benzene rings is 1. The van der Waals surface area contributed by atoms with Crippen LogP contribution in [-0.4, -0.2) is 22.2 Å². The molecule has 0 fully saturated rings. The van der Waals surface area contributed by atoms with Crippen LogP contribution in [-0.2, 0) is 6.61 Å². The molecular formula is C13H10O6. The fourth-order valence-electron chi connectivity index (χ4n) is 1.49. The van der Waals surface area contributed by atoms with E-state index in [-0.39, 0.29) is 17.9 Å². The molecule has 6 nitrogen and oxygen atoms in total. The molecule has 0 saturated heterocycles. The monoisotopic (exact) mass is 262 g/mol. The van der Waals surface area contributed by atoms with Gasteiger partial charge >= 0.3 is 11.9 Å². The number of hydrogen-bond acceptors (Lipinski definition) is 4. The molecular weight excluding hydrogens is 252 g/mol. The zero-order valence-electron chi connectivity index (χ0n) is 9.70. The lowest BCUT2D eigenvalue weighted by molar-refractivity contribution is 0.0652. The van der Waals surface area contributed by atoms with Crippen molar-refractivity contribution in [3.05, 3.63) is 53.5 Å². The number of hydrogen-bond donors (Lipinski definition) is 2. The van der Waals surface area contributed by atoms with Crippen LogP contribution in [0.2, 0.25) is 0 Å². The zero-order valence-corrected chi connectivity index (χ0v) is 9.70. The second-order valence-corrected chi connectivity index (χ2v) is 3.66. The average Bonchev–Trinajstić information content (AvgIpc) is 2.82. The molecule has 0 aliphatic heterocycles. The van der Waals surface area contributed by atoms with Crippen LogP contribution in [0.15, 0.2) is 40.8 Å². The van der Waals surface area contributed by atoms with E-state index in [1.54, 1.807) is 24.3 Å². The first-order valence-corrected chi connectivity index (χ1v) is 5.35. The summed E-state index contributed by atoms with van der Waals surface area (Å²) in [6.45, 7) is -0.154. The van der Waals surface area contributed by atoms with E-state index in [2.05, 4.69) is 0 Å².